The Kier molecular flexibility index (Phi) is 5.54. The number of carbonyl (C=O) groups is 3. The largest absolute Gasteiger partial charge is 0.480 e. The SMILES string of the molecule is CN(C(=O)c1cccc(N2CCCC2=O)c1)C(Cc1ccccc1)C(=O)O. The number of benzene rings is 2. The number of amides is 2. The quantitative estimate of drug-likeness (QED) is 0.852. The van der Waals surface area contributed by atoms with Gasteiger partial charge >= 0.3 is 5.97 Å². The van der Waals surface area contributed by atoms with Crippen molar-refractivity contribution in [2.75, 3.05) is 18.5 Å². The zero-order chi connectivity index (χ0) is 19.4. The van der Waals surface area contributed by atoms with Crippen LogP contribution in [0.3, 0.4) is 0 Å². The summed E-state index contributed by atoms with van der Waals surface area (Å²) in [5, 5.41) is 9.62. The molecule has 1 atom stereocenters. The summed E-state index contributed by atoms with van der Waals surface area (Å²) in [4.78, 5) is 39.5. The van der Waals surface area contributed by atoms with E-state index in [1.165, 1.54) is 11.9 Å². The summed E-state index contributed by atoms with van der Waals surface area (Å²) in [6.07, 6.45) is 1.54. The van der Waals surface area contributed by atoms with Crippen molar-refractivity contribution in [3.8, 4) is 0 Å². The molecule has 6 nitrogen and oxygen atoms in total. The van der Waals surface area contributed by atoms with Crippen molar-refractivity contribution in [3.05, 3.63) is 65.7 Å². The minimum Gasteiger partial charge on any atom is -0.480 e. The summed E-state index contributed by atoms with van der Waals surface area (Å²) in [6, 6.07) is 15.1. The number of rotatable bonds is 6. The number of hydrogen-bond acceptors (Lipinski definition) is 3. The molecular formula is C21H22N2O4. The maximum atomic E-state index is 12.9. The van der Waals surface area contributed by atoms with Gasteiger partial charge in [-0.1, -0.05) is 36.4 Å². The Morgan fingerprint density at radius 1 is 1.15 bits per heavy atom. The van der Waals surface area contributed by atoms with Crippen LogP contribution in [-0.2, 0) is 16.0 Å². The van der Waals surface area contributed by atoms with E-state index in [1.54, 1.807) is 29.2 Å². The first-order valence-electron chi connectivity index (χ1n) is 8.91. The molecule has 3 rings (SSSR count). The van der Waals surface area contributed by atoms with Crippen LogP contribution in [0, 0.1) is 0 Å². The second-order valence-corrected chi connectivity index (χ2v) is 6.66. The van der Waals surface area contributed by atoms with Crippen LogP contribution in [0.2, 0.25) is 0 Å². The van der Waals surface area contributed by atoms with E-state index >= 15 is 0 Å². The second-order valence-electron chi connectivity index (χ2n) is 6.66. The van der Waals surface area contributed by atoms with E-state index in [9.17, 15) is 19.5 Å². The van der Waals surface area contributed by atoms with Crippen LogP contribution in [0.25, 0.3) is 0 Å². The van der Waals surface area contributed by atoms with Gasteiger partial charge in [-0.2, -0.15) is 0 Å². The van der Waals surface area contributed by atoms with Crippen LogP contribution in [0.15, 0.2) is 54.6 Å². The predicted molar refractivity (Wildman–Crippen MR) is 102 cm³/mol. The topological polar surface area (TPSA) is 77.9 Å². The van der Waals surface area contributed by atoms with E-state index in [0.717, 1.165) is 12.0 Å². The molecule has 0 spiro atoms. The Balaban J connectivity index is 1.80. The molecule has 1 aliphatic rings. The van der Waals surface area contributed by atoms with Crippen LogP contribution in [-0.4, -0.2) is 47.4 Å². The third-order valence-electron chi connectivity index (χ3n) is 4.82. The monoisotopic (exact) mass is 366 g/mol. The number of anilines is 1. The van der Waals surface area contributed by atoms with E-state index < -0.39 is 12.0 Å². The van der Waals surface area contributed by atoms with Crippen molar-refractivity contribution in [2.24, 2.45) is 0 Å². The Labute approximate surface area is 158 Å². The van der Waals surface area contributed by atoms with Gasteiger partial charge in [0.15, 0.2) is 0 Å². The van der Waals surface area contributed by atoms with E-state index in [0.29, 0.717) is 24.2 Å². The van der Waals surface area contributed by atoms with Crippen molar-refractivity contribution in [2.45, 2.75) is 25.3 Å². The van der Waals surface area contributed by atoms with Gasteiger partial charge < -0.3 is 14.9 Å². The molecule has 1 saturated heterocycles. The van der Waals surface area contributed by atoms with Crippen molar-refractivity contribution in [3.63, 3.8) is 0 Å². The zero-order valence-electron chi connectivity index (χ0n) is 15.2. The number of carboxylic acids is 1. The molecule has 1 fully saturated rings. The molecule has 1 aliphatic heterocycles. The fourth-order valence-corrected chi connectivity index (χ4v) is 3.30. The molecule has 0 bridgehead atoms. The summed E-state index contributed by atoms with van der Waals surface area (Å²) >= 11 is 0. The van der Waals surface area contributed by atoms with Gasteiger partial charge in [-0.05, 0) is 30.2 Å². The molecular weight excluding hydrogens is 344 g/mol. The van der Waals surface area contributed by atoms with Gasteiger partial charge in [0, 0.05) is 37.7 Å². The number of carboxylic acid groups (broad SMARTS) is 1. The first-order valence-corrected chi connectivity index (χ1v) is 8.91. The molecule has 0 aliphatic carbocycles. The standard InChI is InChI=1S/C21H22N2O4/c1-22(18(21(26)27)13-15-7-3-2-4-8-15)20(25)16-9-5-10-17(14-16)23-12-6-11-19(23)24/h2-5,7-10,14,18H,6,11-13H2,1H3,(H,26,27). The van der Waals surface area contributed by atoms with Gasteiger partial charge in [0.05, 0.1) is 0 Å². The number of nitrogens with zero attached hydrogens (tertiary/aromatic N) is 2. The van der Waals surface area contributed by atoms with Crippen molar-refractivity contribution >= 4 is 23.5 Å². The Morgan fingerprint density at radius 2 is 1.89 bits per heavy atom. The highest BCUT2D eigenvalue weighted by Gasteiger charge is 2.28. The Bertz CT molecular complexity index is 850. The van der Waals surface area contributed by atoms with Crippen molar-refractivity contribution in [1.82, 2.24) is 4.90 Å². The summed E-state index contributed by atoms with van der Waals surface area (Å²) in [5.41, 5.74) is 1.89. The van der Waals surface area contributed by atoms with Crippen molar-refractivity contribution < 1.29 is 19.5 Å². The van der Waals surface area contributed by atoms with Crippen LogP contribution in [0.5, 0.6) is 0 Å². The van der Waals surface area contributed by atoms with Crippen LogP contribution in [0.4, 0.5) is 5.69 Å². The highest BCUT2D eigenvalue weighted by molar-refractivity contribution is 6.00. The van der Waals surface area contributed by atoms with Gasteiger partial charge in [-0.25, -0.2) is 4.79 Å². The highest BCUT2D eigenvalue weighted by atomic mass is 16.4. The van der Waals surface area contributed by atoms with E-state index in [-0.39, 0.29) is 18.2 Å². The first-order chi connectivity index (χ1) is 13.0. The van der Waals surface area contributed by atoms with Crippen LogP contribution < -0.4 is 4.90 Å². The van der Waals surface area contributed by atoms with E-state index in [2.05, 4.69) is 0 Å². The van der Waals surface area contributed by atoms with Gasteiger partial charge in [-0.15, -0.1) is 0 Å². The maximum absolute atomic E-state index is 12.9. The predicted octanol–water partition coefficient (Wildman–Crippen LogP) is 2.58. The molecule has 2 aromatic carbocycles. The average molecular weight is 366 g/mol. The fraction of sp³-hybridized carbons (Fsp3) is 0.286. The summed E-state index contributed by atoms with van der Waals surface area (Å²) in [6.45, 7) is 0.637. The molecule has 27 heavy (non-hydrogen) atoms. The van der Waals surface area contributed by atoms with Crippen molar-refractivity contribution in [1.29, 1.82) is 0 Å². The molecule has 1 unspecified atom stereocenters. The van der Waals surface area contributed by atoms with Gasteiger partial charge in [0.2, 0.25) is 5.91 Å². The molecule has 0 radical (unpaired) electrons. The minimum atomic E-state index is -1.06. The molecule has 2 amide bonds. The number of hydrogen-bond donors (Lipinski definition) is 1. The molecule has 1 heterocycles. The third-order valence-corrected chi connectivity index (χ3v) is 4.82. The van der Waals surface area contributed by atoms with Gasteiger partial charge in [0.25, 0.3) is 5.91 Å². The molecule has 0 aromatic heterocycles. The van der Waals surface area contributed by atoms with Gasteiger partial charge in [0.1, 0.15) is 6.04 Å². The average Bonchev–Trinajstić information content (AvgIpc) is 3.11. The molecule has 1 N–H and O–H groups in total. The minimum absolute atomic E-state index is 0.0421. The highest BCUT2D eigenvalue weighted by Crippen LogP contribution is 2.23. The van der Waals surface area contributed by atoms with Crippen LogP contribution >= 0.6 is 0 Å². The number of carbonyl (C=O) groups excluding carboxylic acids is 2. The second kappa shape index (κ2) is 8.03. The maximum Gasteiger partial charge on any atom is 0.326 e. The summed E-state index contributed by atoms with van der Waals surface area (Å²) in [5.74, 6) is -1.40. The summed E-state index contributed by atoms with van der Waals surface area (Å²) in [7, 11) is 1.50. The van der Waals surface area contributed by atoms with E-state index in [4.69, 9.17) is 0 Å². The normalized spacial score (nSPS) is 14.9. The molecule has 2 aromatic rings. The lowest BCUT2D eigenvalue weighted by Crippen LogP contribution is -2.43. The lowest BCUT2D eigenvalue weighted by molar-refractivity contribution is -0.141. The lowest BCUT2D eigenvalue weighted by atomic mass is 10.0. The smallest absolute Gasteiger partial charge is 0.326 e. The number of aliphatic carboxylic acids is 1. The number of likely N-dealkylation sites (N-methyl/N-ethyl adjacent to an activating group) is 1. The lowest BCUT2D eigenvalue weighted by Gasteiger charge is -2.25. The fourth-order valence-electron chi connectivity index (χ4n) is 3.30. The zero-order valence-corrected chi connectivity index (χ0v) is 15.2. The third kappa shape index (κ3) is 4.16. The first kappa shape index (κ1) is 18.6. The summed E-state index contributed by atoms with van der Waals surface area (Å²) < 4.78 is 0. The van der Waals surface area contributed by atoms with Crippen LogP contribution in [0.1, 0.15) is 28.8 Å². The Morgan fingerprint density at radius 3 is 2.52 bits per heavy atom. The molecule has 140 valence electrons. The van der Waals surface area contributed by atoms with Gasteiger partial charge in [-0.3, -0.25) is 9.59 Å². The molecule has 6 heteroatoms. The molecule has 0 saturated carbocycles. The van der Waals surface area contributed by atoms with E-state index in [1.807, 2.05) is 30.3 Å². The Hall–Kier alpha value is -3.15.